The maximum atomic E-state index is 6.66. The Labute approximate surface area is 202 Å². The zero-order valence-corrected chi connectivity index (χ0v) is 20.3. The van der Waals surface area contributed by atoms with Gasteiger partial charge in [0.15, 0.2) is 11.6 Å². The number of hydrogen-bond donors (Lipinski definition) is 1. The predicted molar refractivity (Wildman–Crippen MR) is 141 cm³/mol. The fraction of sp³-hybridized carbons (Fsp3) is 0.407. The second-order valence-corrected chi connectivity index (χ2v) is 9.38. The van der Waals surface area contributed by atoms with Gasteiger partial charge < -0.3 is 20.4 Å². The Bertz CT molecular complexity index is 1100. The third-order valence-corrected chi connectivity index (χ3v) is 7.26. The third-order valence-electron chi connectivity index (χ3n) is 7.26. The van der Waals surface area contributed by atoms with Crippen molar-refractivity contribution in [1.29, 1.82) is 0 Å². The fourth-order valence-electron chi connectivity index (χ4n) is 5.08. The average molecular weight is 458 g/mol. The molecule has 1 aromatic heterocycles. The minimum Gasteiger partial charge on any atom is -0.393 e. The first kappa shape index (κ1) is 22.5. The minimum atomic E-state index is 0.708. The first-order valence-electron chi connectivity index (χ1n) is 12.3. The van der Waals surface area contributed by atoms with Crippen LogP contribution >= 0.6 is 0 Å². The topological polar surface area (TPSA) is 64.8 Å². The second kappa shape index (κ2) is 9.89. The lowest BCUT2D eigenvalue weighted by Crippen LogP contribution is -2.48. The van der Waals surface area contributed by atoms with Crippen molar-refractivity contribution in [2.75, 3.05) is 72.8 Å². The highest BCUT2D eigenvalue weighted by Crippen LogP contribution is 2.31. The van der Waals surface area contributed by atoms with Crippen LogP contribution in [-0.4, -0.2) is 67.2 Å². The average Bonchev–Trinajstić information content (AvgIpc) is 2.87. The summed E-state index contributed by atoms with van der Waals surface area (Å²) in [4.78, 5) is 18.8. The third kappa shape index (κ3) is 4.66. The molecule has 0 spiro atoms. The van der Waals surface area contributed by atoms with Crippen molar-refractivity contribution in [2.24, 2.45) is 0 Å². The Balaban J connectivity index is 1.22. The van der Waals surface area contributed by atoms with Gasteiger partial charge in [-0.25, -0.2) is 9.97 Å². The molecule has 2 fully saturated rings. The van der Waals surface area contributed by atoms with Crippen LogP contribution in [0.15, 0.2) is 54.9 Å². The molecule has 3 aromatic rings. The van der Waals surface area contributed by atoms with Crippen LogP contribution in [0, 0.1) is 13.8 Å². The first-order valence-corrected chi connectivity index (χ1v) is 12.3. The Morgan fingerprint density at radius 2 is 1.29 bits per heavy atom. The summed E-state index contributed by atoms with van der Waals surface area (Å²) in [7, 11) is 0. The van der Waals surface area contributed by atoms with Crippen LogP contribution in [0.3, 0.4) is 0 Å². The van der Waals surface area contributed by atoms with Crippen molar-refractivity contribution >= 4 is 23.0 Å². The van der Waals surface area contributed by atoms with Gasteiger partial charge >= 0.3 is 0 Å². The van der Waals surface area contributed by atoms with Gasteiger partial charge in [-0.3, -0.25) is 4.90 Å². The van der Waals surface area contributed by atoms with E-state index in [1.165, 1.54) is 22.4 Å². The number of nitrogens with two attached hydrogens (primary N) is 1. The summed E-state index contributed by atoms with van der Waals surface area (Å²) < 4.78 is 0. The number of rotatable bonds is 5. The Morgan fingerprint density at radius 1 is 0.706 bits per heavy atom. The van der Waals surface area contributed by atoms with Gasteiger partial charge in [-0.2, -0.15) is 0 Å². The molecule has 2 aliphatic heterocycles. The molecule has 5 rings (SSSR count). The van der Waals surface area contributed by atoms with Crippen LogP contribution < -0.4 is 20.4 Å². The van der Waals surface area contributed by atoms with Crippen LogP contribution in [0.25, 0.3) is 0 Å². The van der Waals surface area contributed by atoms with E-state index in [4.69, 9.17) is 5.73 Å². The normalized spacial score (nSPS) is 17.3. The molecule has 0 amide bonds. The highest BCUT2D eigenvalue weighted by molar-refractivity contribution is 5.76. The van der Waals surface area contributed by atoms with Crippen LogP contribution in [0.2, 0.25) is 0 Å². The molecule has 0 unspecified atom stereocenters. The highest BCUT2D eigenvalue weighted by atomic mass is 15.3. The molecular weight excluding hydrogens is 422 g/mol. The standard InChI is InChI=1S/C27H35N7/c1-21-7-6-10-24(22(21)2)32-15-17-34(18-16-32)27-25(28)26(29-20-30-27)33-13-11-31(12-14-33)19-23-8-4-3-5-9-23/h3-10,20H,11-19,28H2,1-2H3. The SMILES string of the molecule is Cc1cccc(N2CCN(c3ncnc(N4CCN(Cc5ccccc5)CC4)c3N)CC2)c1C. The van der Waals surface area contributed by atoms with Crippen molar-refractivity contribution in [1.82, 2.24) is 14.9 Å². The summed E-state index contributed by atoms with van der Waals surface area (Å²) in [5.41, 5.74) is 12.8. The lowest BCUT2D eigenvalue weighted by atomic mass is 10.1. The number of aromatic nitrogens is 2. The Hall–Kier alpha value is -3.32. The van der Waals surface area contributed by atoms with Gasteiger partial charge in [-0.05, 0) is 36.6 Å². The molecule has 0 saturated carbocycles. The molecule has 0 radical (unpaired) electrons. The number of hydrogen-bond acceptors (Lipinski definition) is 7. The van der Waals surface area contributed by atoms with Crippen molar-refractivity contribution < 1.29 is 0 Å². The van der Waals surface area contributed by atoms with Crippen LogP contribution in [0.4, 0.5) is 23.0 Å². The molecule has 0 bridgehead atoms. The molecule has 2 N–H and O–H groups in total. The predicted octanol–water partition coefficient (Wildman–Crippen LogP) is 3.32. The number of piperazine rings is 2. The van der Waals surface area contributed by atoms with Crippen LogP contribution in [0.1, 0.15) is 16.7 Å². The largest absolute Gasteiger partial charge is 0.393 e. The van der Waals surface area contributed by atoms with Crippen molar-refractivity contribution in [3.05, 3.63) is 71.5 Å². The van der Waals surface area contributed by atoms with E-state index in [-0.39, 0.29) is 0 Å². The highest BCUT2D eigenvalue weighted by Gasteiger charge is 2.25. The van der Waals surface area contributed by atoms with Gasteiger partial charge in [0.1, 0.15) is 12.0 Å². The molecular formula is C27H35N7. The number of nitrogen functional groups attached to an aromatic ring is 1. The molecule has 2 aromatic carbocycles. The molecule has 34 heavy (non-hydrogen) atoms. The first-order chi connectivity index (χ1) is 16.6. The number of anilines is 4. The van der Waals surface area contributed by atoms with Gasteiger partial charge in [0, 0.05) is 64.6 Å². The zero-order chi connectivity index (χ0) is 23.5. The van der Waals surface area contributed by atoms with E-state index in [1.807, 2.05) is 0 Å². The van der Waals surface area contributed by atoms with Crippen LogP contribution in [-0.2, 0) is 6.54 Å². The summed E-state index contributed by atoms with van der Waals surface area (Å²) in [5, 5.41) is 0. The Morgan fingerprint density at radius 3 is 1.94 bits per heavy atom. The van der Waals surface area contributed by atoms with E-state index in [0.717, 1.165) is 70.5 Å². The molecule has 3 heterocycles. The maximum Gasteiger partial charge on any atom is 0.157 e. The molecule has 7 nitrogen and oxygen atoms in total. The van der Waals surface area contributed by atoms with Gasteiger partial charge in [0.25, 0.3) is 0 Å². The lowest BCUT2D eigenvalue weighted by molar-refractivity contribution is 0.249. The van der Waals surface area contributed by atoms with Crippen LogP contribution in [0.5, 0.6) is 0 Å². The van der Waals surface area contributed by atoms with E-state index in [0.29, 0.717) is 5.69 Å². The van der Waals surface area contributed by atoms with E-state index >= 15 is 0 Å². The summed E-state index contributed by atoms with van der Waals surface area (Å²) in [5.74, 6) is 1.75. The molecule has 7 heteroatoms. The molecule has 178 valence electrons. The van der Waals surface area contributed by atoms with Gasteiger partial charge in [0.2, 0.25) is 0 Å². The fourth-order valence-corrected chi connectivity index (χ4v) is 5.08. The zero-order valence-electron chi connectivity index (χ0n) is 20.3. The van der Waals surface area contributed by atoms with E-state index in [9.17, 15) is 0 Å². The quantitative estimate of drug-likeness (QED) is 0.630. The molecule has 0 atom stereocenters. The Kier molecular flexibility index (Phi) is 6.54. The lowest BCUT2D eigenvalue weighted by Gasteiger charge is -2.39. The van der Waals surface area contributed by atoms with Crippen molar-refractivity contribution in [3.8, 4) is 0 Å². The van der Waals surface area contributed by atoms with E-state index in [1.54, 1.807) is 6.33 Å². The minimum absolute atomic E-state index is 0.708. The summed E-state index contributed by atoms with van der Waals surface area (Å²) >= 11 is 0. The number of benzene rings is 2. The molecule has 2 aliphatic rings. The van der Waals surface area contributed by atoms with E-state index < -0.39 is 0 Å². The van der Waals surface area contributed by atoms with Gasteiger partial charge in [-0.1, -0.05) is 42.5 Å². The monoisotopic (exact) mass is 457 g/mol. The molecule has 0 aliphatic carbocycles. The number of nitrogens with zero attached hydrogens (tertiary/aromatic N) is 6. The second-order valence-electron chi connectivity index (χ2n) is 9.38. The molecule has 2 saturated heterocycles. The van der Waals surface area contributed by atoms with E-state index in [2.05, 4.69) is 91.9 Å². The van der Waals surface area contributed by atoms with Crippen molar-refractivity contribution in [3.63, 3.8) is 0 Å². The smallest absolute Gasteiger partial charge is 0.157 e. The van der Waals surface area contributed by atoms with Gasteiger partial charge in [-0.15, -0.1) is 0 Å². The number of aryl methyl sites for hydroxylation is 1. The maximum absolute atomic E-state index is 6.66. The summed E-state index contributed by atoms with van der Waals surface area (Å²) in [6.45, 7) is 13.0. The summed E-state index contributed by atoms with van der Waals surface area (Å²) in [6, 6.07) is 17.2. The summed E-state index contributed by atoms with van der Waals surface area (Å²) in [6.07, 6.45) is 1.68. The van der Waals surface area contributed by atoms with Crippen molar-refractivity contribution in [2.45, 2.75) is 20.4 Å². The van der Waals surface area contributed by atoms with Gasteiger partial charge in [0.05, 0.1) is 0 Å².